The fourth-order valence-electron chi connectivity index (χ4n) is 1.64. The van der Waals surface area contributed by atoms with Gasteiger partial charge in [-0.25, -0.2) is 0 Å². The van der Waals surface area contributed by atoms with Crippen LogP contribution in [-0.2, 0) is 23.1 Å². The van der Waals surface area contributed by atoms with Crippen LogP contribution in [0.5, 0.6) is 0 Å². The van der Waals surface area contributed by atoms with E-state index in [1.165, 1.54) is 0 Å². The molecule has 0 N–H and O–H groups in total. The minimum absolute atomic E-state index is 0.0702. The molecule has 1 heterocycles. The van der Waals surface area contributed by atoms with Crippen LogP contribution in [0.15, 0.2) is 0 Å². The summed E-state index contributed by atoms with van der Waals surface area (Å²) in [5.41, 5.74) is 0. The summed E-state index contributed by atoms with van der Waals surface area (Å²) in [5.74, 6) is 0. The van der Waals surface area contributed by atoms with Crippen molar-refractivity contribution < 1.29 is 28.0 Å². The molecule has 1 aliphatic heterocycles. The van der Waals surface area contributed by atoms with E-state index >= 15 is 0 Å². The first kappa shape index (κ1) is 16.1. The van der Waals surface area contributed by atoms with E-state index in [-0.39, 0.29) is 12.2 Å². The monoisotopic (exact) mass is 281 g/mol. The van der Waals surface area contributed by atoms with Crippen LogP contribution in [0.4, 0.5) is 0 Å². The largest absolute Gasteiger partial charge is 0.756 e. The topological polar surface area (TPSA) is 77.1 Å². The third kappa shape index (κ3) is 5.78. The predicted octanol–water partition coefficient (Wildman–Crippen LogP) is 1.48. The molecule has 18 heavy (non-hydrogen) atoms. The summed E-state index contributed by atoms with van der Waals surface area (Å²) in [7, 11) is -4.27. The highest BCUT2D eigenvalue weighted by atomic mass is 31.2. The van der Waals surface area contributed by atoms with Gasteiger partial charge in [0.1, 0.15) is 6.10 Å². The molecule has 0 aliphatic carbocycles. The van der Waals surface area contributed by atoms with Crippen LogP contribution in [0.25, 0.3) is 0 Å². The van der Waals surface area contributed by atoms with Crippen molar-refractivity contribution >= 4 is 7.82 Å². The number of ether oxygens (including phenoxy) is 2. The van der Waals surface area contributed by atoms with E-state index in [2.05, 4.69) is 0 Å². The first-order chi connectivity index (χ1) is 8.30. The normalized spacial score (nSPS) is 27.9. The van der Waals surface area contributed by atoms with Crippen molar-refractivity contribution in [1.29, 1.82) is 0 Å². The van der Waals surface area contributed by atoms with Gasteiger partial charge in [-0.1, -0.05) is 0 Å². The lowest BCUT2D eigenvalue weighted by atomic mass is 10.2. The summed E-state index contributed by atoms with van der Waals surface area (Å²) in [4.78, 5) is 11.6. The number of rotatable bonds is 7. The molecular formula is C11H22O6P-. The molecule has 0 aromatic heterocycles. The SMILES string of the molecule is CC(C)OCC1OCCC1OP(=O)([O-])OC(C)C. The maximum atomic E-state index is 11.6. The number of phosphoric acid groups is 1. The Labute approximate surface area is 108 Å². The van der Waals surface area contributed by atoms with Crippen LogP contribution in [0.1, 0.15) is 34.1 Å². The Morgan fingerprint density at radius 2 is 2.00 bits per heavy atom. The van der Waals surface area contributed by atoms with Crippen LogP contribution in [0, 0.1) is 0 Å². The van der Waals surface area contributed by atoms with Gasteiger partial charge in [0, 0.05) is 13.0 Å². The van der Waals surface area contributed by atoms with Gasteiger partial charge in [0.15, 0.2) is 0 Å². The molecule has 0 aromatic rings. The summed E-state index contributed by atoms with van der Waals surface area (Å²) < 4.78 is 32.2. The van der Waals surface area contributed by atoms with Crippen molar-refractivity contribution in [2.75, 3.05) is 13.2 Å². The van der Waals surface area contributed by atoms with Gasteiger partial charge in [0.25, 0.3) is 7.82 Å². The Morgan fingerprint density at radius 3 is 2.56 bits per heavy atom. The molecule has 0 radical (unpaired) electrons. The van der Waals surface area contributed by atoms with E-state index in [0.717, 1.165) is 0 Å². The number of hydrogen-bond acceptors (Lipinski definition) is 6. The molecule has 0 saturated carbocycles. The highest BCUT2D eigenvalue weighted by molar-refractivity contribution is 7.45. The van der Waals surface area contributed by atoms with Crippen molar-refractivity contribution in [3.05, 3.63) is 0 Å². The molecule has 1 rings (SSSR count). The predicted molar refractivity (Wildman–Crippen MR) is 64.1 cm³/mol. The molecule has 0 bridgehead atoms. The van der Waals surface area contributed by atoms with Gasteiger partial charge in [0.2, 0.25) is 0 Å². The van der Waals surface area contributed by atoms with E-state index in [1.807, 2.05) is 13.8 Å². The molecule has 108 valence electrons. The molecule has 3 atom stereocenters. The molecule has 1 saturated heterocycles. The molecule has 6 nitrogen and oxygen atoms in total. The van der Waals surface area contributed by atoms with E-state index in [0.29, 0.717) is 19.6 Å². The summed E-state index contributed by atoms with van der Waals surface area (Å²) in [6.45, 7) is 7.88. The zero-order valence-corrected chi connectivity index (χ0v) is 12.2. The maximum Gasteiger partial charge on any atom is 0.268 e. The van der Waals surface area contributed by atoms with Crippen molar-refractivity contribution in [2.24, 2.45) is 0 Å². The van der Waals surface area contributed by atoms with Crippen molar-refractivity contribution in [2.45, 2.75) is 58.5 Å². The fraction of sp³-hybridized carbons (Fsp3) is 1.00. The van der Waals surface area contributed by atoms with Crippen molar-refractivity contribution in [1.82, 2.24) is 0 Å². The van der Waals surface area contributed by atoms with Crippen LogP contribution >= 0.6 is 7.82 Å². The van der Waals surface area contributed by atoms with Crippen LogP contribution in [-0.4, -0.2) is 37.6 Å². The van der Waals surface area contributed by atoms with Crippen molar-refractivity contribution in [3.8, 4) is 0 Å². The molecular weight excluding hydrogens is 259 g/mol. The third-order valence-electron chi connectivity index (χ3n) is 2.35. The van der Waals surface area contributed by atoms with E-state index in [1.54, 1.807) is 13.8 Å². The fourth-order valence-corrected chi connectivity index (χ4v) is 2.78. The summed E-state index contributed by atoms with van der Waals surface area (Å²) in [6, 6.07) is 0. The lowest BCUT2D eigenvalue weighted by Crippen LogP contribution is -2.31. The Morgan fingerprint density at radius 1 is 1.33 bits per heavy atom. The van der Waals surface area contributed by atoms with Gasteiger partial charge in [0.05, 0.1) is 24.9 Å². The van der Waals surface area contributed by atoms with Gasteiger partial charge in [-0.15, -0.1) is 0 Å². The lowest BCUT2D eigenvalue weighted by molar-refractivity contribution is -0.234. The lowest BCUT2D eigenvalue weighted by Gasteiger charge is -2.29. The highest BCUT2D eigenvalue weighted by Crippen LogP contribution is 2.43. The first-order valence-corrected chi connectivity index (χ1v) is 7.67. The molecule has 7 heteroatoms. The Balaban J connectivity index is 2.46. The Bertz CT molecular complexity index is 293. The van der Waals surface area contributed by atoms with Crippen molar-refractivity contribution in [3.63, 3.8) is 0 Å². The summed E-state index contributed by atoms with van der Waals surface area (Å²) in [6.07, 6.45) is -0.710. The summed E-state index contributed by atoms with van der Waals surface area (Å²) in [5, 5.41) is 0. The van der Waals surface area contributed by atoms with E-state index in [4.69, 9.17) is 18.5 Å². The standard InChI is InChI=1S/C11H23O6P/c1-8(2)15-7-11-10(5-6-14-11)17-18(12,13)16-9(3)4/h8-11H,5-7H2,1-4H3,(H,12,13)/p-1. The van der Waals surface area contributed by atoms with E-state index in [9.17, 15) is 9.46 Å². The van der Waals surface area contributed by atoms with Crippen LogP contribution in [0.2, 0.25) is 0 Å². The second kappa shape index (κ2) is 6.98. The Kier molecular flexibility index (Phi) is 6.24. The van der Waals surface area contributed by atoms with E-state index < -0.39 is 20.0 Å². The molecule has 1 fully saturated rings. The van der Waals surface area contributed by atoms with Gasteiger partial charge in [-0.2, -0.15) is 0 Å². The van der Waals surface area contributed by atoms with Gasteiger partial charge in [-0.3, -0.25) is 4.57 Å². The van der Waals surface area contributed by atoms with Crippen LogP contribution in [0.3, 0.4) is 0 Å². The number of hydrogen-bond donors (Lipinski definition) is 0. The first-order valence-electron chi connectivity index (χ1n) is 6.21. The Hall–Kier alpha value is 0.0300. The summed E-state index contributed by atoms with van der Waals surface area (Å²) >= 11 is 0. The quantitative estimate of drug-likeness (QED) is 0.658. The zero-order valence-electron chi connectivity index (χ0n) is 11.3. The average molecular weight is 281 g/mol. The molecule has 3 unspecified atom stereocenters. The smallest absolute Gasteiger partial charge is 0.268 e. The maximum absolute atomic E-state index is 11.6. The molecule has 0 spiro atoms. The second-order valence-corrected chi connectivity index (χ2v) is 6.14. The molecule has 0 amide bonds. The highest BCUT2D eigenvalue weighted by Gasteiger charge is 2.33. The zero-order chi connectivity index (χ0) is 13.8. The second-order valence-electron chi connectivity index (χ2n) is 4.83. The van der Waals surface area contributed by atoms with Gasteiger partial charge >= 0.3 is 0 Å². The van der Waals surface area contributed by atoms with Gasteiger partial charge < -0.3 is 23.4 Å². The molecule has 1 aliphatic rings. The third-order valence-corrected chi connectivity index (χ3v) is 3.56. The minimum atomic E-state index is -4.27. The minimum Gasteiger partial charge on any atom is -0.756 e. The van der Waals surface area contributed by atoms with Crippen LogP contribution < -0.4 is 4.89 Å². The molecule has 0 aromatic carbocycles. The number of phosphoric ester groups is 1. The van der Waals surface area contributed by atoms with Gasteiger partial charge in [-0.05, 0) is 27.7 Å². The average Bonchev–Trinajstić information content (AvgIpc) is 2.59.